The van der Waals surface area contributed by atoms with Gasteiger partial charge in [-0.3, -0.25) is 19.3 Å². The third-order valence-electron chi connectivity index (χ3n) is 6.47. The summed E-state index contributed by atoms with van der Waals surface area (Å²) < 4.78 is 31.8. The molecule has 9 nitrogen and oxygen atoms in total. The lowest BCUT2D eigenvalue weighted by Gasteiger charge is -2.14. The highest BCUT2D eigenvalue weighted by atomic mass is 19.1. The number of hydrogen-bond acceptors (Lipinski definition) is 8. The van der Waals surface area contributed by atoms with E-state index in [0.717, 1.165) is 0 Å². The summed E-state index contributed by atoms with van der Waals surface area (Å²) in [5, 5.41) is 5.11. The summed E-state index contributed by atoms with van der Waals surface area (Å²) in [6.45, 7) is 3.78. The van der Waals surface area contributed by atoms with Crippen LogP contribution in [0.15, 0.2) is 78.0 Å². The third kappa shape index (κ3) is 5.76. The van der Waals surface area contributed by atoms with E-state index < -0.39 is 11.2 Å². The summed E-state index contributed by atoms with van der Waals surface area (Å²) in [6, 6.07) is 14.0. The maximum Gasteiger partial charge on any atom is 0.219 e. The molecular weight excluding hydrogens is 527 g/mol. The topological polar surface area (TPSA) is 105 Å². The Labute approximate surface area is 235 Å². The fraction of sp³-hybridized carbons (Fsp3) is 0.194. The van der Waals surface area contributed by atoms with Crippen LogP contribution < -0.4 is 19.6 Å². The number of fused-ring (bicyclic) bond motifs is 1. The molecule has 0 amide bonds. The van der Waals surface area contributed by atoms with Gasteiger partial charge in [-0.1, -0.05) is 6.07 Å². The number of hydrogen-bond donors (Lipinski definition) is 0. The fourth-order valence-electron chi connectivity index (χ4n) is 4.27. The third-order valence-corrected chi connectivity index (χ3v) is 6.47. The van der Waals surface area contributed by atoms with Gasteiger partial charge >= 0.3 is 0 Å². The SMILES string of the molecule is COc1cc2nccc(Oc3ccc(CC(=O)c4cn(C(C)C)nc(-c5ccc(F)cc5)c4=O)cn3)c2cc1OC. The van der Waals surface area contributed by atoms with Gasteiger partial charge in [0.05, 0.1) is 25.3 Å². The van der Waals surface area contributed by atoms with Crippen molar-refractivity contribution in [3.05, 3.63) is 100 Å². The molecular formula is C31H27FN4O5. The predicted octanol–water partition coefficient (Wildman–Crippen LogP) is 5.81. The van der Waals surface area contributed by atoms with E-state index in [0.29, 0.717) is 45.2 Å². The van der Waals surface area contributed by atoms with Crippen LogP contribution in [0, 0.1) is 5.82 Å². The van der Waals surface area contributed by atoms with E-state index in [1.54, 1.807) is 55.4 Å². The maximum atomic E-state index is 13.5. The van der Waals surface area contributed by atoms with Gasteiger partial charge < -0.3 is 14.2 Å². The highest BCUT2D eigenvalue weighted by Crippen LogP contribution is 2.36. The van der Waals surface area contributed by atoms with Crippen molar-refractivity contribution < 1.29 is 23.4 Å². The molecule has 0 aliphatic carbocycles. The number of carbonyl (C=O) groups excluding carboxylic acids is 1. The monoisotopic (exact) mass is 554 g/mol. The fourth-order valence-corrected chi connectivity index (χ4v) is 4.27. The molecule has 0 saturated carbocycles. The van der Waals surface area contributed by atoms with Crippen molar-refractivity contribution in [1.29, 1.82) is 0 Å². The number of pyridine rings is 2. The minimum Gasteiger partial charge on any atom is -0.493 e. The Morgan fingerprint density at radius 1 is 0.951 bits per heavy atom. The Bertz CT molecular complexity index is 1780. The van der Waals surface area contributed by atoms with Crippen molar-refractivity contribution in [1.82, 2.24) is 19.7 Å². The molecule has 0 aliphatic rings. The molecule has 5 rings (SSSR count). The summed E-state index contributed by atoms with van der Waals surface area (Å²) in [4.78, 5) is 35.3. The Morgan fingerprint density at radius 3 is 2.34 bits per heavy atom. The van der Waals surface area contributed by atoms with E-state index in [1.165, 1.54) is 36.7 Å². The Morgan fingerprint density at radius 2 is 1.68 bits per heavy atom. The van der Waals surface area contributed by atoms with E-state index >= 15 is 0 Å². The zero-order chi connectivity index (χ0) is 29.1. The van der Waals surface area contributed by atoms with E-state index in [1.807, 2.05) is 13.8 Å². The summed E-state index contributed by atoms with van der Waals surface area (Å²) in [5.74, 6) is 1.11. The van der Waals surface area contributed by atoms with Crippen LogP contribution in [0.2, 0.25) is 0 Å². The average Bonchev–Trinajstić information content (AvgIpc) is 2.98. The molecule has 0 unspecified atom stereocenters. The zero-order valence-electron chi connectivity index (χ0n) is 22.9. The van der Waals surface area contributed by atoms with Crippen LogP contribution in [0.25, 0.3) is 22.2 Å². The normalized spacial score (nSPS) is 11.1. The molecule has 2 aromatic carbocycles. The summed E-state index contributed by atoms with van der Waals surface area (Å²) in [5.41, 5.74) is 1.27. The van der Waals surface area contributed by atoms with Crippen LogP contribution >= 0.6 is 0 Å². The smallest absolute Gasteiger partial charge is 0.219 e. The minimum absolute atomic E-state index is 0.000910. The standard InChI is InChI=1S/C31H27FN4O5/c1-18(2)36-17-23(31(38)30(35-36)20-6-8-21(32)9-7-20)25(37)13-19-5-10-29(34-16-19)41-26-11-12-33-24-15-28(40-4)27(39-3)14-22(24)26/h5-12,14-18H,13H2,1-4H3. The molecule has 0 spiro atoms. The first kappa shape index (κ1) is 27.4. The van der Waals surface area contributed by atoms with Gasteiger partial charge in [0, 0.05) is 54.1 Å². The highest BCUT2D eigenvalue weighted by molar-refractivity contribution is 5.98. The number of benzene rings is 2. The van der Waals surface area contributed by atoms with Crippen LogP contribution in [0.4, 0.5) is 4.39 Å². The molecule has 41 heavy (non-hydrogen) atoms. The molecule has 0 saturated heterocycles. The number of aromatic nitrogens is 4. The Kier molecular flexibility index (Phi) is 7.73. The second-order valence-electron chi connectivity index (χ2n) is 9.54. The molecule has 3 aromatic heterocycles. The molecule has 5 aromatic rings. The summed E-state index contributed by atoms with van der Waals surface area (Å²) in [7, 11) is 3.11. The lowest BCUT2D eigenvalue weighted by molar-refractivity contribution is 0.0990. The highest BCUT2D eigenvalue weighted by Gasteiger charge is 2.19. The van der Waals surface area contributed by atoms with Crippen molar-refractivity contribution in [2.24, 2.45) is 0 Å². The zero-order valence-corrected chi connectivity index (χ0v) is 22.9. The van der Waals surface area contributed by atoms with Crippen molar-refractivity contribution in [2.45, 2.75) is 26.3 Å². The van der Waals surface area contributed by atoms with Crippen LogP contribution in [-0.2, 0) is 6.42 Å². The molecule has 0 fully saturated rings. The van der Waals surface area contributed by atoms with Crippen molar-refractivity contribution >= 4 is 16.7 Å². The second-order valence-corrected chi connectivity index (χ2v) is 9.54. The summed E-state index contributed by atoms with van der Waals surface area (Å²) in [6.07, 6.45) is 4.56. The van der Waals surface area contributed by atoms with Gasteiger partial charge in [0.1, 0.15) is 17.3 Å². The quantitative estimate of drug-likeness (QED) is 0.210. The van der Waals surface area contributed by atoms with Gasteiger partial charge in [-0.25, -0.2) is 9.37 Å². The van der Waals surface area contributed by atoms with Gasteiger partial charge in [0.2, 0.25) is 11.3 Å². The average molecular weight is 555 g/mol. The lowest BCUT2D eigenvalue weighted by Crippen LogP contribution is -2.24. The first-order valence-electron chi connectivity index (χ1n) is 12.8. The maximum absolute atomic E-state index is 13.5. The van der Waals surface area contributed by atoms with Crippen LogP contribution in [0.1, 0.15) is 35.8 Å². The Hall–Kier alpha value is -5.12. The molecule has 0 atom stereocenters. The van der Waals surface area contributed by atoms with E-state index in [-0.39, 0.29) is 29.5 Å². The van der Waals surface area contributed by atoms with E-state index in [9.17, 15) is 14.0 Å². The molecule has 208 valence electrons. The van der Waals surface area contributed by atoms with Crippen molar-refractivity contribution in [3.63, 3.8) is 0 Å². The number of ether oxygens (including phenoxy) is 3. The number of ketones is 1. The molecule has 0 N–H and O–H groups in total. The number of halogens is 1. The van der Waals surface area contributed by atoms with E-state index in [4.69, 9.17) is 14.2 Å². The number of carbonyl (C=O) groups is 1. The molecule has 10 heteroatoms. The lowest BCUT2D eigenvalue weighted by atomic mass is 10.0. The molecule has 0 radical (unpaired) electrons. The van der Waals surface area contributed by atoms with Gasteiger partial charge in [-0.2, -0.15) is 5.10 Å². The first-order chi connectivity index (χ1) is 19.8. The largest absolute Gasteiger partial charge is 0.493 e. The minimum atomic E-state index is -0.511. The Balaban J connectivity index is 1.39. The van der Waals surface area contributed by atoms with Crippen LogP contribution in [0.3, 0.4) is 0 Å². The van der Waals surface area contributed by atoms with Gasteiger partial charge in [-0.05, 0) is 55.8 Å². The molecule has 3 heterocycles. The first-order valence-corrected chi connectivity index (χ1v) is 12.8. The number of rotatable bonds is 9. The van der Waals surface area contributed by atoms with Crippen LogP contribution in [-0.4, -0.2) is 39.8 Å². The van der Waals surface area contributed by atoms with Gasteiger partial charge in [0.25, 0.3) is 0 Å². The van der Waals surface area contributed by atoms with Gasteiger partial charge in [0.15, 0.2) is 17.3 Å². The number of nitrogens with zero attached hydrogens (tertiary/aromatic N) is 4. The molecule has 0 bridgehead atoms. The predicted molar refractivity (Wildman–Crippen MR) is 151 cm³/mol. The van der Waals surface area contributed by atoms with E-state index in [2.05, 4.69) is 15.1 Å². The summed E-state index contributed by atoms with van der Waals surface area (Å²) >= 11 is 0. The van der Waals surface area contributed by atoms with Crippen LogP contribution in [0.5, 0.6) is 23.1 Å². The number of Topliss-reactive ketones (excluding diaryl/α,β-unsaturated/α-hetero) is 1. The van der Waals surface area contributed by atoms with Gasteiger partial charge in [-0.15, -0.1) is 0 Å². The second kappa shape index (κ2) is 11.5. The number of methoxy groups -OCH3 is 2. The molecule has 0 aliphatic heterocycles. The van der Waals surface area contributed by atoms with Crippen molar-refractivity contribution in [3.8, 4) is 34.4 Å². The van der Waals surface area contributed by atoms with Crippen molar-refractivity contribution in [2.75, 3.05) is 14.2 Å².